The smallest absolute Gasteiger partial charge is 0.171 e. The number of aromatic nitrogens is 2. The predicted molar refractivity (Wildman–Crippen MR) is 69.0 cm³/mol. The summed E-state index contributed by atoms with van der Waals surface area (Å²) in [6, 6.07) is 6.17. The Hall–Kier alpha value is -1.42. The lowest BCUT2D eigenvalue weighted by atomic mass is 10.3. The van der Waals surface area contributed by atoms with Gasteiger partial charge in [-0.15, -0.1) is 11.3 Å². The molecule has 2 rings (SSSR count). The minimum Gasteiger partial charge on any atom is -0.373 e. The van der Waals surface area contributed by atoms with Crippen LogP contribution in [-0.4, -0.2) is 17.0 Å². The first kappa shape index (κ1) is 11.1. The topological polar surface area (TPSA) is 37.8 Å². The first-order valence-electron chi connectivity index (χ1n) is 5.35. The van der Waals surface area contributed by atoms with Gasteiger partial charge in [-0.3, -0.25) is 0 Å². The molecule has 0 fully saturated rings. The molecule has 0 amide bonds. The lowest BCUT2D eigenvalue weighted by molar-refractivity contribution is 1.01. The molecule has 0 radical (unpaired) electrons. The fraction of sp³-hybridized carbons (Fsp3) is 0.333. The zero-order valence-electron chi connectivity index (χ0n) is 9.74. The lowest BCUT2D eigenvalue weighted by Crippen LogP contribution is -1.99. The van der Waals surface area contributed by atoms with E-state index in [0.717, 1.165) is 28.6 Å². The number of nitrogens with one attached hydrogen (secondary N) is 1. The molecule has 0 aliphatic heterocycles. The third-order valence-electron chi connectivity index (χ3n) is 2.36. The van der Waals surface area contributed by atoms with Gasteiger partial charge in [0.1, 0.15) is 5.82 Å². The zero-order valence-corrected chi connectivity index (χ0v) is 10.6. The van der Waals surface area contributed by atoms with Crippen LogP contribution in [0.2, 0.25) is 0 Å². The van der Waals surface area contributed by atoms with Gasteiger partial charge in [-0.1, -0.05) is 6.92 Å². The SMILES string of the molecule is CCc1cc(NC)nc(-c2ccc(C)s2)n1. The molecule has 0 aliphatic rings. The van der Waals surface area contributed by atoms with Crippen molar-refractivity contribution in [2.24, 2.45) is 0 Å². The number of anilines is 1. The van der Waals surface area contributed by atoms with Gasteiger partial charge in [-0.05, 0) is 25.5 Å². The summed E-state index contributed by atoms with van der Waals surface area (Å²) in [6.45, 7) is 4.20. The monoisotopic (exact) mass is 233 g/mol. The van der Waals surface area contributed by atoms with Crippen molar-refractivity contribution in [3.8, 4) is 10.7 Å². The number of hydrogen-bond donors (Lipinski definition) is 1. The highest BCUT2D eigenvalue weighted by atomic mass is 32.1. The van der Waals surface area contributed by atoms with E-state index in [1.807, 2.05) is 13.1 Å². The third kappa shape index (κ3) is 2.22. The van der Waals surface area contributed by atoms with Crippen molar-refractivity contribution in [1.29, 1.82) is 0 Å². The van der Waals surface area contributed by atoms with Crippen LogP contribution in [-0.2, 0) is 6.42 Å². The minimum absolute atomic E-state index is 0.821. The highest BCUT2D eigenvalue weighted by Crippen LogP contribution is 2.25. The molecule has 2 aromatic heterocycles. The number of aryl methyl sites for hydroxylation is 2. The maximum atomic E-state index is 4.54. The largest absolute Gasteiger partial charge is 0.373 e. The Labute approximate surface area is 99.6 Å². The molecule has 0 saturated heterocycles. The van der Waals surface area contributed by atoms with Crippen molar-refractivity contribution >= 4 is 17.2 Å². The molecule has 0 bridgehead atoms. The summed E-state index contributed by atoms with van der Waals surface area (Å²) < 4.78 is 0. The zero-order chi connectivity index (χ0) is 11.5. The maximum Gasteiger partial charge on any atom is 0.171 e. The fourth-order valence-electron chi connectivity index (χ4n) is 1.47. The Balaban J connectivity index is 2.47. The Morgan fingerprint density at radius 2 is 2.12 bits per heavy atom. The van der Waals surface area contributed by atoms with Crippen LogP contribution < -0.4 is 5.32 Å². The van der Waals surface area contributed by atoms with E-state index < -0.39 is 0 Å². The Kier molecular flexibility index (Phi) is 3.19. The second-order valence-corrected chi connectivity index (χ2v) is 4.87. The average molecular weight is 233 g/mol. The van der Waals surface area contributed by atoms with E-state index >= 15 is 0 Å². The summed E-state index contributed by atoms with van der Waals surface area (Å²) in [6.07, 6.45) is 0.925. The fourth-order valence-corrected chi connectivity index (χ4v) is 2.27. The summed E-state index contributed by atoms with van der Waals surface area (Å²) in [5, 5.41) is 3.07. The van der Waals surface area contributed by atoms with Crippen LogP contribution in [0, 0.1) is 6.92 Å². The average Bonchev–Trinajstić information content (AvgIpc) is 2.75. The molecule has 1 N–H and O–H groups in total. The van der Waals surface area contributed by atoms with E-state index in [2.05, 4.69) is 41.3 Å². The molecular formula is C12H15N3S. The standard InChI is InChI=1S/C12H15N3S/c1-4-9-7-11(13-3)15-12(14-9)10-6-5-8(2)16-10/h5-7H,4H2,1-3H3,(H,13,14,15). The van der Waals surface area contributed by atoms with Gasteiger partial charge in [0.05, 0.1) is 4.88 Å². The Bertz CT molecular complexity index is 469. The first-order valence-corrected chi connectivity index (χ1v) is 6.17. The predicted octanol–water partition coefficient (Wildman–Crippen LogP) is 3.12. The van der Waals surface area contributed by atoms with Crippen LogP contribution >= 0.6 is 11.3 Å². The lowest BCUT2D eigenvalue weighted by Gasteiger charge is -2.04. The highest BCUT2D eigenvalue weighted by Gasteiger charge is 2.07. The highest BCUT2D eigenvalue weighted by molar-refractivity contribution is 7.15. The molecular weight excluding hydrogens is 218 g/mol. The molecule has 0 saturated carbocycles. The van der Waals surface area contributed by atoms with Crippen molar-refractivity contribution in [3.05, 3.63) is 28.8 Å². The first-order chi connectivity index (χ1) is 7.72. The summed E-state index contributed by atoms with van der Waals surface area (Å²) in [5.41, 5.74) is 1.07. The van der Waals surface area contributed by atoms with Gasteiger partial charge >= 0.3 is 0 Å². The van der Waals surface area contributed by atoms with Crippen LogP contribution in [0.15, 0.2) is 18.2 Å². The van der Waals surface area contributed by atoms with Crippen molar-refractivity contribution in [3.63, 3.8) is 0 Å². The number of thiophene rings is 1. The van der Waals surface area contributed by atoms with Crippen molar-refractivity contribution in [2.45, 2.75) is 20.3 Å². The molecule has 16 heavy (non-hydrogen) atoms. The molecule has 3 nitrogen and oxygen atoms in total. The number of rotatable bonds is 3. The molecule has 4 heteroatoms. The molecule has 0 aromatic carbocycles. The van der Waals surface area contributed by atoms with Crippen LogP contribution in [0.25, 0.3) is 10.7 Å². The van der Waals surface area contributed by atoms with E-state index in [1.54, 1.807) is 11.3 Å². The summed E-state index contributed by atoms with van der Waals surface area (Å²) >= 11 is 1.73. The van der Waals surface area contributed by atoms with Gasteiger partial charge in [0.2, 0.25) is 0 Å². The van der Waals surface area contributed by atoms with Gasteiger partial charge in [0.25, 0.3) is 0 Å². The molecule has 84 valence electrons. The number of nitrogens with zero attached hydrogens (tertiary/aromatic N) is 2. The Morgan fingerprint density at radius 3 is 2.69 bits per heavy atom. The second-order valence-electron chi connectivity index (χ2n) is 3.58. The van der Waals surface area contributed by atoms with E-state index in [-0.39, 0.29) is 0 Å². The maximum absolute atomic E-state index is 4.54. The third-order valence-corrected chi connectivity index (χ3v) is 3.35. The van der Waals surface area contributed by atoms with E-state index in [9.17, 15) is 0 Å². The van der Waals surface area contributed by atoms with Gasteiger partial charge in [-0.2, -0.15) is 0 Å². The molecule has 0 unspecified atom stereocenters. The van der Waals surface area contributed by atoms with Gasteiger partial charge in [-0.25, -0.2) is 9.97 Å². The molecule has 2 heterocycles. The second kappa shape index (κ2) is 4.61. The minimum atomic E-state index is 0.821. The van der Waals surface area contributed by atoms with E-state index in [0.29, 0.717) is 0 Å². The van der Waals surface area contributed by atoms with E-state index in [4.69, 9.17) is 0 Å². The molecule has 0 aliphatic carbocycles. The molecule has 0 atom stereocenters. The van der Waals surface area contributed by atoms with Crippen LogP contribution in [0.3, 0.4) is 0 Å². The van der Waals surface area contributed by atoms with Gasteiger partial charge in [0, 0.05) is 23.7 Å². The van der Waals surface area contributed by atoms with Gasteiger partial charge < -0.3 is 5.32 Å². The Morgan fingerprint density at radius 1 is 1.31 bits per heavy atom. The normalized spacial score (nSPS) is 10.4. The van der Waals surface area contributed by atoms with E-state index in [1.165, 1.54) is 4.88 Å². The van der Waals surface area contributed by atoms with Crippen LogP contribution in [0.1, 0.15) is 17.5 Å². The van der Waals surface area contributed by atoms with Gasteiger partial charge in [0.15, 0.2) is 5.82 Å². The number of hydrogen-bond acceptors (Lipinski definition) is 4. The van der Waals surface area contributed by atoms with Crippen molar-refractivity contribution in [1.82, 2.24) is 9.97 Å². The summed E-state index contributed by atoms with van der Waals surface area (Å²) in [7, 11) is 1.88. The van der Waals surface area contributed by atoms with Crippen LogP contribution in [0.5, 0.6) is 0 Å². The van der Waals surface area contributed by atoms with Crippen molar-refractivity contribution in [2.75, 3.05) is 12.4 Å². The van der Waals surface area contributed by atoms with Crippen LogP contribution in [0.4, 0.5) is 5.82 Å². The van der Waals surface area contributed by atoms with Crippen molar-refractivity contribution < 1.29 is 0 Å². The quantitative estimate of drug-likeness (QED) is 0.885. The molecule has 0 spiro atoms. The summed E-state index contributed by atoms with van der Waals surface area (Å²) in [5.74, 6) is 1.70. The molecule has 2 aromatic rings. The summed E-state index contributed by atoms with van der Waals surface area (Å²) in [4.78, 5) is 11.4.